The molecular weight excluding hydrogens is 993 g/mol. The lowest BCUT2D eigenvalue weighted by atomic mass is 9.84. The molecule has 2 saturated carbocycles. The predicted molar refractivity (Wildman–Crippen MR) is 348 cm³/mol. The van der Waals surface area contributed by atoms with E-state index in [2.05, 4.69) is 261 Å². The molecule has 11 aromatic carbocycles. The van der Waals surface area contributed by atoms with Crippen LogP contribution in [-0.2, 0) is 0 Å². The van der Waals surface area contributed by atoms with E-state index >= 15 is 0 Å². The predicted octanol–water partition coefficient (Wildman–Crippen LogP) is 22.4. The molecule has 17 rings (SSSR count). The first-order valence-corrected chi connectivity index (χ1v) is 30.1. The molecule has 4 heteroatoms. The molecule has 0 N–H and O–H groups in total. The number of fused-ring (bicyclic) bond motifs is 12. The molecule has 0 amide bonds. The van der Waals surface area contributed by atoms with Crippen molar-refractivity contribution in [2.24, 2.45) is 0 Å². The summed E-state index contributed by atoms with van der Waals surface area (Å²) in [5.74, 6) is 1.26. The van der Waals surface area contributed by atoms with Crippen molar-refractivity contribution in [3.63, 3.8) is 0 Å². The molecule has 394 valence electrons. The molecule has 0 bridgehead atoms. The van der Waals surface area contributed by atoms with Gasteiger partial charge in [-0.25, -0.2) is 0 Å². The zero-order valence-corrected chi connectivity index (χ0v) is 46.1. The van der Waals surface area contributed by atoms with E-state index in [-0.39, 0.29) is 0 Å². The molecule has 4 nitrogen and oxygen atoms in total. The van der Waals surface area contributed by atoms with Crippen LogP contribution in [-0.4, -0.2) is 8.80 Å². The first kappa shape index (κ1) is 47.4. The Labute approximate surface area is 478 Å². The van der Waals surface area contributed by atoms with E-state index < -0.39 is 0 Å². The average molecular weight is 1060 g/mol. The normalized spacial score (nSPS) is 14.7. The van der Waals surface area contributed by atoms with Crippen molar-refractivity contribution in [2.45, 2.75) is 76.0 Å². The van der Waals surface area contributed by atoms with E-state index in [1.807, 2.05) is 0 Å². The second-order valence-corrected chi connectivity index (χ2v) is 23.6. The van der Waals surface area contributed by atoms with E-state index in [0.29, 0.717) is 11.8 Å². The van der Waals surface area contributed by atoms with Crippen molar-refractivity contribution >= 4 is 110 Å². The Kier molecular flexibility index (Phi) is 11.1. The van der Waals surface area contributed by atoms with E-state index in [1.54, 1.807) is 0 Å². The standard InChI is InChI=1S/C78H62N4/c1-5-21-51(22-6-1)53-37-41-57(42-38-53)79(67-33-17-13-29-59(67)55-25-9-3-10-26-55)71-47-45-61-65-49-74-66(50-73(65)81-69-35-19-15-31-63(69)75(71)77(61)81)62-46-48-72(76-64-32-16-20-36-70(64)82(74)78(62)76)80(58-43-39-54(40-44-58)52-23-7-2-8-24-52)68-34-18-14-30-60(68)56-27-11-4-12-28-56/h3-4,9-20,25-52H,1-2,5-8,21-24H2. The number of nitrogens with zero attached hydrogens (tertiary/aromatic N) is 4. The van der Waals surface area contributed by atoms with Gasteiger partial charge in [-0.3, -0.25) is 0 Å². The van der Waals surface area contributed by atoms with Crippen molar-refractivity contribution in [1.29, 1.82) is 0 Å². The summed E-state index contributed by atoms with van der Waals surface area (Å²) in [6, 6.07) is 92.0. The lowest BCUT2D eigenvalue weighted by molar-refractivity contribution is 0.443. The van der Waals surface area contributed by atoms with Crippen LogP contribution in [0.2, 0.25) is 0 Å². The van der Waals surface area contributed by atoms with Crippen LogP contribution in [0.5, 0.6) is 0 Å². The van der Waals surface area contributed by atoms with Crippen LogP contribution >= 0.6 is 0 Å². The monoisotopic (exact) mass is 1050 g/mol. The summed E-state index contributed by atoms with van der Waals surface area (Å²) in [5, 5.41) is 10.1. The molecule has 2 fully saturated rings. The minimum atomic E-state index is 0.631. The molecule has 4 aromatic heterocycles. The van der Waals surface area contributed by atoms with Gasteiger partial charge in [0.05, 0.1) is 55.8 Å². The highest BCUT2D eigenvalue weighted by atomic mass is 15.2. The SMILES string of the molecule is c1ccc(-c2ccccc2N(c2ccc(C3CCCCC3)cc2)c2ccc3c4cc5c(cc4n4c6ccccc6c2c34)c2ccc(N(c3ccc(C4CCCCC4)cc3)c3ccccc3-c3ccccc3)c3c4ccccc4n5c23)cc1. The van der Waals surface area contributed by atoms with Gasteiger partial charge in [0, 0.05) is 65.6 Å². The first-order valence-electron chi connectivity index (χ1n) is 30.1. The molecule has 4 heterocycles. The van der Waals surface area contributed by atoms with Crippen molar-refractivity contribution < 1.29 is 0 Å². The summed E-state index contributed by atoms with van der Waals surface area (Å²) < 4.78 is 5.17. The topological polar surface area (TPSA) is 15.3 Å². The highest BCUT2D eigenvalue weighted by Gasteiger charge is 2.30. The number of para-hydroxylation sites is 4. The molecule has 0 aliphatic heterocycles. The Morgan fingerprint density at radius 3 is 1.09 bits per heavy atom. The zero-order valence-electron chi connectivity index (χ0n) is 46.1. The van der Waals surface area contributed by atoms with Crippen LogP contribution in [0.1, 0.15) is 87.2 Å². The Hall–Kier alpha value is -9.38. The fraction of sp³-hybridized carbons (Fsp3) is 0.154. The number of hydrogen-bond donors (Lipinski definition) is 0. The summed E-state index contributed by atoms with van der Waals surface area (Å²) in [6.45, 7) is 0. The van der Waals surface area contributed by atoms with E-state index in [9.17, 15) is 0 Å². The maximum Gasteiger partial charge on any atom is 0.0641 e. The van der Waals surface area contributed by atoms with Crippen LogP contribution in [0.3, 0.4) is 0 Å². The van der Waals surface area contributed by atoms with E-state index in [4.69, 9.17) is 0 Å². The van der Waals surface area contributed by atoms with Gasteiger partial charge in [-0.2, -0.15) is 0 Å². The number of benzene rings is 11. The van der Waals surface area contributed by atoms with Gasteiger partial charge in [-0.05, 0) is 133 Å². The molecule has 0 spiro atoms. The molecule has 15 aromatic rings. The summed E-state index contributed by atoms with van der Waals surface area (Å²) >= 11 is 0. The van der Waals surface area contributed by atoms with Gasteiger partial charge < -0.3 is 18.6 Å². The average Bonchev–Trinajstić information content (AvgIpc) is 2.08. The van der Waals surface area contributed by atoms with Gasteiger partial charge in [0.15, 0.2) is 0 Å². The van der Waals surface area contributed by atoms with Crippen molar-refractivity contribution in [2.75, 3.05) is 9.80 Å². The third-order valence-electron chi connectivity index (χ3n) is 19.2. The Balaban J connectivity index is 0.898. The molecule has 0 saturated heterocycles. The molecule has 2 aliphatic carbocycles. The van der Waals surface area contributed by atoms with Crippen molar-refractivity contribution in [1.82, 2.24) is 8.80 Å². The number of anilines is 6. The highest BCUT2D eigenvalue weighted by molar-refractivity contribution is 6.32. The number of aromatic nitrogens is 2. The van der Waals surface area contributed by atoms with Crippen molar-refractivity contribution in [3.05, 3.63) is 254 Å². The van der Waals surface area contributed by atoms with Crippen LogP contribution in [0.25, 0.3) is 98.4 Å². The van der Waals surface area contributed by atoms with E-state index in [0.717, 1.165) is 0 Å². The van der Waals surface area contributed by atoms with Gasteiger partial charge in [-0.15, -0.1) is 0 Å². The van der Waals surface area contributed by atoms with Gasteiger partial charge >= 0.3 is 0 Å². The van der Waals surface area contributed by atoms with E-state index in [1.165, 1.54) is 208 Å². The smallest absolute Gasteiger partial charge is 0.0641 e. The summed E-state index contributed by atoms with van der Waals surface area (Å²) in [5.41, 5.74) is 22.2. The summed E-state index contributed by atoms with van der Waals surface area (Å²) in [4.78, 5) is 5.10. The second kappa shape index (κ2) is 19.1. The molecule has 0 atom stereocenters. The van der Waals surface area contributed by atoms with Gasteiger partial charge in [-0.1, -0.05) is 208 Å². The lowest BCUT2D eigenvalue weighted by Crippen LogP contribution is -2.12. The molecular formula is C78H62N4. The second-order valence-electron chi connectivity index (χ2n) is 23.6. The molecule has 0 radical (unpaired) electrons. The molecule has 2 aliphatic rings. The maximum atomic E-state index is 2.59. The Morgan fingerprint density at radius 1 is 0.280 bits per heavy atom. The van der Waals surface area contributed by atoms with Gasteiger partial charge in [0.25, 0.3) is 0 Å². The minimum Gasteiger partial charge on any atom is -0.309 e. The van der Waals surface area contributed by atoms with Gasteiger partial charge in [0.2, 0.25) is 0 Å². The minimum absolute atomic E-state index is 0.631. The van der Waals surface area contributed by atoms with Crippen LogP contribution in [0.4, 0.5) is 34.1 Å². The molecule has 82 heavy (non-hydrogen) atoms. The fourth-order valence-corrected chi connectivity index (χ4v) is 15.4. The largest absolute Gasteiger partial charge is 0.309 e. The molecule has 0 unspecified atom stereocenters. The Morgan fingerprint density at radius 2 is 0.659 bits per heavy atom. The van der Waals surface area contributed by atoms with Crippen LogP contribution < -0.4 is 9.80 Å². The lowest BCUT2D eigenvalue weighted by Gasteiger charge is -2.29. The third kappa shape index (κ3) is 7.29. The Bertz CT molecular complexity index is 4550. The zero-order chi connectivity index (χ0) is 53.8. The number of rotatable bonds is 10. The van der Waals surface area contributed by atoms with Crippen LogP contribution in [0.15, 0.2) is 243 Å². The third-order valence-corrected chi connectivity index (χ3v) is 19.2. The summed E-state index contributed by atoms with van der Waals surface area (Å²) in [6.07, 6.45) is 13.1. The fourth-order valence-electron chi connectivity index (χ4n) is 15.4. The highest BCUT2D eigenvalue weighted by Crippen LogP contribution is 2.53. The quantitative estimate of drug-likeness (QED) is 0.136. The summed E-state index contributed by atoms with van der Waals surface area (Å²) in [7, 11) is 0. The van der Waals surface area contributed by atoms with Crippen LogP contribution in [0, 0.1) is 0 Å². The first-order chi connectivity index (χ1) is 40.7. The number of hydrogen-bond acceptors (Lipinski definition) is 2. The maximum absolute atomic E-state index is 2.59. The van der Waals surface area contributed by atoms with Crippen molar-refractivity contribution in [3.8, 4) is 22.3 Å². The van der Waals surface area contributed by atoms with Gasteiger partial charge in [0.1, 0.15) is 0 Å².